The van der Waals surface area contributed by atoms with Crippen molar-refractivity contribution in [2.45, 2.75) is 19.0 Å². The highest BCUT2D eigenvalue weighted by Crippen LogP contribution is 2.38. The molecule has 1 aliphatic rings. The molecule has 20 heavy (non-hydrogen) atoms. The summed E-state index contributed by atoms with van der Waals surface area (Å²) in [7, 11) is 7.06. The van der Waals surface area contributed by atoms with Crippen LogP contribution >= 0.6 is 0 Å². The highest BCUT2D eigenvalue weighted by molar-refractivity contribution is 5.53. The van der Waals surface area contributed by atoms with Gasteiger partial charge in [0, 0.05) is 19.1 Å². The predicted octanol–water partition coefficient (Wildman–Crippen LogP) is 1.51. The quantitative estimate of drug-likeness (QED) is 0.855. The van der Waals surface area contributed by atoms with Gasteiger partial charge in [-0.05, 0) is 37.7 Å². The number of nitrogens with zero attached hydrogens (tertiary/aromatic N) is 1. The molecule has 1 aromatic carbocycles. The number of benzene rings is 1. The first kappa shape index (κ1) is 14.9. The largest absolute Gasteiger partial charge is 0.493 e. The Hall–Kier alpha value is -1.46. The van der Waals surface area contributed by atoms with Crippen LogP contribution in [-0.2, 0) is 6.54 Å². The third-order valence-corrected chi connectivity index (χ3v) is 3.81. The van der Waals surface area contributed by atoms with Crippen LogP contribution in [0.5, 0.6) is 17.2 Å². The first-order valence-electron chi connectivity index (χ1n) is 6.89. The summed E-state index contributed by atoms with van der Waals surface area (Å²) in [6, 6.07) is 4.62. The highest BCUT2D eigenvalue weighted by atomic mass is 16.5. The standard InChI is InChI=1S/C15H24N2O3/c1-17(12-5-6-16-9-12)10-11-7-13(18-2)15(20-4)14(8-11)19-3/h7-8,12,16H,5-6,9-10H2,1-4H3. The van der Waals surface area contributed by atoms with Crippen LogP contribution in [0.2, 0.25) is 0 Å². The van der Waals surface area contributed by atoms with Gasteiger partial charge in [0.15, 0.2) is 11.5 Å². The predicted molar refractivity (Wildman–Crippen MR) is 78.8 cm³/mol. The van der Waals surface area contributed by atoms with Crippen molar-refractivity contribution in [1.29, 1.82) is 0 Å². The lowest BCUT2D eigenvalue weighted by Gasteiger charge is -2.24. The minimum absolute atomic E-state index is 0.592. The fourth-order valence-corrected chi connectivity index (χ4v) is 2.66. The van der Waals surface area contributed by atoms with Crippen LogP contribution in [0.3, 0.4) is 0 Å². The second-order valence-corrected chi connectivity index (χ2v) is 5.10. The van der Waals surface area contributed by atoms with E-state index in [-0.39, 0.29) is 0 Å². The normalized spacial score (nSPS) is 18.4. The van der Waals surface area contributed by atoms with Gasteiger partial charge >= 0.3 is 0 Å². The van der Waals surface area contributed by atoms with E-state index in [1.54, 1.807) is 21.3 Å². The summed E-state index contributed by atoms with van der Waals surface area (Å²) in [5.41, 5.74) is 1.16. The van der Waals surface area contributed by atoms with Crippen molar-refractivity contribution in [3.63, 3.8) is 0 Å². The van der Waals surface area contributed by atoms with Crippen LogP contribution in [0, 0.1) is 0 Å². The molecule has 112 valence electrons. The first-order chi connectivity index (χ1) is 9.69. The Bertz CT molecular complexity index is 420. The Morgan fingerprint density at radius 3 is 2.25 bits per heavy atom. The van der Waals surface area contributed by atoms with Gasteiger partial charge in [-0.15, -0.1) is 0 Å². The summed E-state index contributed by atoms with van der Waals surface area (Å²) in [5.74, 6) is 2.06. The van der Waals surface area contributed by atoms with Gasteiger partial charge in [0.1, 0.15) is 0 Å². The topological polar surface area (TPSA) is 43.0 Å². The Labute approximate surface area is 120 Å². The number of nitrogens with one attached hydrogen (secondary N) is 1. The van der Waals surface area contributed by atoms with Crippen LogP contribution in [0.25, 0.3) is 0 Å². The van der Waals surface area contributed by atoms with Crippen molar-refractivity contribution in [3.05, 3.63) is 17.7 Å². The molecular formula is C15H24N2O3. The molecule has 0 radical (unpaired) electrons. The van der Waals surface area contributed by atoms with Gasteiger partial charge in [-0.25, -0.2) is 0 Å². The third-order valence-electron chi connectivity index (χ3n) is 3.81. The van der Waals surface area contributed by atoms with E-state index in [9.17, 15) is 0 Å². The maximum absolute atomic E-state index is 5.39. The summed E-state index contributed by atoms with van der Waals surface area (Å²) in [6.07, 6.45) is 1.20. The second-order valence-electron chi connectivity index (χ2n) is 5.10. The van der Waals surface area contributed by atoms with Crippen molar-refractivity contribution in [3.8, 4) is 17.2 Å². The fourth-order valence-electron chi connectivity index (χ4n) is 2.66. The number of likely N-dealkylation sites (N-methyl/N-ethyl adjacent to an activating group) is 1. The Morgan fingerprint density at radius 1 is 1.15 bits per heavy atom. The van der Waals surface area contributed by atoms with Crippen LogP contribution in [0.1, 0.15) is 12.0 Å². The van der Waals surface area contributed by atoms with Crippen molar-refractivity contribution in [2.75, 3.05) is 41.5 Å². The number of hydrogen-bond donors (Lipinski definition) is 1. The molecule has 1 unspecified atom stereocenters. The van der Waals surface area contributed by atoms with Crippen LogP contribution in [0.15, 0.2) is 12.1 Å². The molecule has 5 heteroatoms. The number of methoxy groups -OCH3 is 3. The monoisotopic (exact) mass is 280 g/mol. The molecule has 2 rings (SSSR count). The average molecular weight is 280 g/mol. The van der Waals surface area contributed by atoms with E-state index in [1.165, 1.54) is 6.42 Å². The zero-order valence-corrected chi connectivity index (χ0v) is 12.7. The fraction of sp³-hybridized carbons (Fsp3) is 0.600. The summed E-state index contributed by atoms with van der Waals surface area (Å²) < 4.78 is 16.1. The molecule has 0 amide bonds. The second kappa shape index (κ2) is 6.81. The molecule has 5 nitrogen and oxygen atoms in total. The third kappa shape index (κ3) is 3.16. The Kier molecular flexibility index (Phi) is 5.09. The number of ether oxygens (including phenoxy) is 3. The number of rotatable bonds is 6. The van der Waals surface area contributed by atoms with E-state index >= 15 is 0 Å². The smallest absolute Gasteiger partial charge is 0.203 e. The van der Waals surface area contributed by atoms with Gasteiger partial charge < -0.3 is 19.5 Å². The minimum Gasteiger partial charge on any atom is -0.493 e. The lowest BCUT2D eigenvalue weighted by atomic mass is 10.1. The Balaban J connectivity index is 2.18. The molecule has 1 atom stereocenters. The summed E-state index contributed by atoms with van der Waals surface area (Å²) in [5, 5.41) is 3.39. The molecule has 1 saturated heterocycles. The van der Waals surface area contributed by atoms with E-state index in [0.717, 1.165) is 25.2 Å². The van der Waals surface area contributed by atoms with E-state index in [2.05, 4.69) is 17.3 Å². The van der Waals surface area contributed by atoms with Crippen LogP contribution in [0.4, 0.5) is 0 Å². The van der Waals surface area contributed by atoms with Crippen molar-refractivity contribution < 1.29 is 14.2 Å². The van der Waals surface area contributed by atoms with Crippen molar-refractivity contribution >= 4 is 0 Å². The number of hydrogen-bond acceptors (Lipinski definition) is 5. The Morgan fingerprint density at radius 2 is 1.80 bits per heavy atom. The van der Waals surface area contributed by atoms with Crippen LogP contribution in [-0.4, -0.2) is 52.4 Å². The van der Waals surface area contributed by atoms with Gasteiger partial charge in [-0.3, -0.25) is 4.90 Å². The van der Waals surface area contributed by atoms with E-state index in [4.69, 9.17) is 14.2 Å². The SMILES string of the molecule is COc1cc(CN(C)C2CCNC2)cc(OC)c1OC. The van der Waals surface area contributed by atoms with Gasteiger partial charge in [0.05, 0.1) is 21.3 Å². The maximum Gasteiger partial charge on any atom is 0.203 e. The zero-order valence-electron chi connectivity index (χ0n) is 12.7. The first-order valence-corrected chi connectivity index (χ1v) is 6.89. The van der Waals surface area contributed by atoms with E-state index < -0.39 is 0 Å². The summed E-state index contributed by atoms with van der Waals surface area (Å²) in [6.45, 7) is 3.02. The average Bonchev–Trinajstić information content (AvgIpc) is 3.00. The molecule has 0 spiro atoms. The lowest BCUT2D eigenvalue weighted by Crippen LogP contribution is -2.32. The molecule has 1 N–H and O–H groups in total. The molecule has 0 saturated carbocycles. The van der Waals surface area contributed by atoms with E-state index in [1.807, 2.05) is 12.1 Å². The lowest BCUT2D eigenvalue weighted by molar-refractivity contribution is 0.247. The molecule has 1 heterocycles. The molecule has 0 aromatic heterocycles. The minimum atomic E-state index is 0.592. The molecular weight excluding hydrogens is 256 g/mol. The van der Waals surface area contributed by atoms with E-state index in [0.29, 0.717) is 23.3 Å². The van der Waals surface area contributed by atoms with Gasteiger partial charge in [0.25, 0.3) is 0 Å². The molecule has 1 aliphatic heterocycles. The van der Waals surface area contributed by atoms with Gasteiger partial charge in [-0.2, -0.15) is 0 Å². The molecule has 0 bridgehead atoms. The zero-order chi connectivity index (χ0) is 14.5. The summed E-state index contributed by atoms with van der Waals surface area (Å²) >= 11 is 0. The highest BCUT2D eigenvalue weighted by Gasteiger charge is 2.20. The molecule has 0 aliphatic carbocycles. The molecule has 1 fully saturated rings. The van der Waals surface area contributed by atoms with Gasteiger partial charge in [0.2, 0.25) is 5.75 Å². The summed E-state index contributed by atoms with van der Waals surface area (Å²) in [4.78, 5) is 2.36. The maximum atomic E-state index is 5.39. The molecule has 1 aromatic rings. The van der Waals surface area contributed by atoms with Gasteiger partial charge in [-0.1, -0.05) is 0 Å². The van der Waals surface area contributed by atoms with Crippen molar-refractivity contribution in [1.82, 2.24) is 10.2 Å². The van der Waals surface area contributed by atoms with Crippen molar-refractivity contribution in [2.24, 2.45) is 0 Å². The van der Waals surface area contributed by atoms with Crippen LogP contribution < -0.4 is 19.5 Å².